The molecule has 0 radical (unpaired) electrons. The molecule has 1 aromatic carbocycles. The zero-order valence-corrected chi connectivity index (χ0v) is 15.6. The van der Waals surface area contributed by atoms with Crippen LogP contribution in [-0.4, -0.2) is 42.6 Å². The Balaban J connectivity index is 2.09. The molecule has 9 heteroatoms. The zero-order valence-electron chi connectivity index (χ0n) is 14.7. The summed E-state index contributed by atoms with van der Waals surface area (Å²) in [5.74, 6) is -2.74. The maximum absolute atomic E-state index is 13.2. The lowest BCUT2D eigenvalue weighted by atomic mass is 10.2. The number of benzene rings is 1. The predicted molar refractivity (Wildman–Crippen MR) is 98.8 cm³/mol. The smallest absolute Gasteiger partial charge is 0.326 e. The molecule has 0 spiro atoms. The summed E-state index contributed by atoms with van der Waals surface area (Å²) < 4.78 is 18.1. The number of carbonyl (C=O) groups excluding carboxylic acids is 2. The lowest BCUT2D eigenvalue weighted by Crippen LogP contribution is -2.41. The normalized spacial score (nSPS) is 11.7. The van der Waals surface area contributed by atoms with Gasteiger partial charge in [-0.1, -0.05) is 6.07 Å². The van der Waals surface area contributed by atoms with Gasteiger partial charge in [-0.25, -0.2) is 9.18 Å². The highest BCUT2D eigenvalue weighted by atomic mass is 32.1. The Kier molecular flexibility index (Phi) is 7.03. The van der Waals surface area contributed by atoms with Crippen LogP contribution in [0, 0.1) is 12.7 Å². The number of carboxylic acids is 1. The minimum atomic E-state index is -1.16. The summed E-state index contributed by atoms with van der Waals surface area (Å²) >= 11 is 1.01. The molecule has 0 saturated heterocycles. The zero-order chi connectivity index (χ0) is 20.0. The number of hydrogen-bond acceptors (Lipinski definition) is 5. The van der Waals surface area contributed by atoms with Gasteiger partial charge in [0.05, 0.1) is 9.88 Å². The molecule has 0 aliphatic rings. The second-order valence-corrected chi connectivity index (χ2v) is 6.79. The van der Waals surface area contributed by atoms with Crippen molar-refractivity contribution in [2.45, 2.75) is 19.4 Å². The molecule has 3 N–H and O–H groups in total. The number of aryl methyl sites for hydroxylation is 1. The van der Waals surface area contributed by atoms with E-state index in [1.807, 2.05) is 0 Å². The molecule has 2 aromatic rings. The molecule has 27 heavy (non-hydrogen) atoms. The summed E-state index contributed by atoms with van der Waals surface area (Å²) in [5, 5.41) is 14.6. The Morgan fingerprint density at radius 2 is 2.00 bits per heavy atom. The molecule has 0 fully saturated rings. The van der Waals surface area contributed by atoms with Crippen molar-refractivity contribution in [1.29, 1.82) is 0 Å². The van der Waals surface area contributed by atoms with Crippen molar-refractivity contribution in [1.82, 2.24) is 5.32 Å². The van der Waals surface area contributed by atoms with Crippen molar-refractivity contribution in [2.75, 3.05) is 19.0 Å². The SMILES string of the molecule is COCCC(NC(=O)c1sc(NC(=O)c2cccc(F)c2)cc1C)C(=O)O. The van der Waals surface area contributed by atoms with E-state index in [9.17, 15) is 23.9 Å². The number of amides is 2. The van der Waals surface area contributed by atoms with E-state index in [4.69, 9.17) is 4.74 Å². The van der Waals surface area contributed by atoms with E-state index in [1.165, 1.54) is 25.3 Å². The van der Waals surface area contributed by atoms with Crippen LogP contribution in [0.4, 0.5) is 9.39 Å². The van der Waals surface area contributed by atoms with Crippen molar-refractivity contribution in [3.63, 3.8) is 0 Å². The molecule has 0 aliphatic heterocycles. The predicted octanol–water partition coefficient (Wildman–Crippen LogP) is 2.67. The third kappa shape index (κ3) is 5.60. The van der Waals surface area contributed by atoms with E-state index >= 15 is 0 Å². The first-order valence-corrected chi connectivity index (χ1v) is 8.83. The van der Waals surface area contributed by atoms with Crippen LogP contribution < -0.4 is 10.6 Å². The maximum Gasteiger partial charge on any atom is 0.326 e. The van der Waals surface area contributed by atoms with Crippen LogP contribution in [0.25, 0.3) is 0 Å². The number of hydrogen-bond donors (Lipinski definition) is 3. The number of carboxylic acid groups (broad SMARTS) is 1. The van der Waals surface area contributed by atoms with Crippen LogP contribution >= 0.6 is 11.3 Å². The van der Waals surface area contributed by atoms with Gasteiger partial charge in [-0.15, -0.1) is 11.3 Å². The van der Waals surface area contributed by atoms with Crippen molar-refractivity contribution >= 4 is 34.1 Å². The molecule has 1 heterocycles. The highest BCUT2D eigenvalue weighted by molar-refractivity contribution is 7.18. The Labute approximate surface area is 159 Å². The molecular formula is C18H19FN2O5S. The van der Waals surface area contributed by atoms with Gasteiger partial charge in [-0.3, -0.25) is 9.59 Å². The molecule has 0 bridgehead atoms. The fourth-order valence-electron chi connectivity index (χ4n) is 2.30. The van der Waals surface area contributed by atoms with Crippen LogP contribution in [0.5, 0.6) is 0 Å². The Morgan fingerprint density at radius 1 is 1.26 bits per heavy atom. The molecule has 7 nitrogen and oxygen atoms in total. The van der Waals surface area contributed by atoms with Crippen LogP contribution in [0.2, 0.25) is 0 Å². The standard InChI is InChI=1S/C18H19FN2O5S/c1-10-8-14(21-16(22)11-4-3-5-12(19)9-11)27-15(10)17(23)20-13(18(24)25)6-7-26-2/h3-5,8-9,13H,6-7H2,1-2H3,(H,20,23)(H,21,22)(H,24,25). The summed E-state index contributed by atoms with van der Waals surface area (Å²) in [6.07, 6.45) is 0.130. The van der Waals surface area contributed by atoms with E-state index in [0.717, 1.165) is 17.4 Å². The van der Waals surface area contributed by atoms with Gasteiger partial charge >= 0.3 is 5.97 Å². The quantitative estimate of drug-likeness (QED) is 0.638. The summed E-state index contributed by atoms with van der Waals surface area (Å²) in [7, 11) is 1.44. The molecule has 2 amide bonds. The van der Waals surface area contributed by atoms with Crippen molar-refractivity contribution < 1.29 is 28.6 Å². The molecule has 1 unspecified atom stereocenters. The molecule has 0 aliphatic carbocycles. The van der Waals surface area contributed by atoms with Gasteiger partial charge in [0, 0.05) is 25.7 Å². The Bertz CT molecular complexity index is 852. The summed E-state index contributed by atoms with van der Waals surface area (Å²) in [5.41, 5.74) is 0.737. The van der Waals surface area contributed by atoms with Gasteiger partial charge in [0.1, 0.15) is 11.9 Å². The Hall–Kier alpha value is -2.78. The van der Waals surface area contributed by atoms with Crippen molar-refractivity contribution in [2.24, 2.45) is 0 Å². The lowest BCUT2D eigenvalue weighted by Gasteiger charge is -2.13. The molecule has 0 saturated carbocycles. The second kappa shape index (κ2) is 9.24. The van der Waals surface area contributed by atoms with Crippen LogP contribution in [0.15, 0.2) is 30.3 Å². The highest BCUT2D eigenvalue weighted by Crippen LogP contribution is 2.27. The number of ether oxygens (including phenoxy) is 1. The topological polar surface area (TPSA) is 105 Å². The van der Waals surface area contributed by atoms with Gasteiger partial charge in [-0.2, -0.15) is 0 Å². The van der Waals surface area contributed by atoms with Gasteiger partial charge in [0.2, 0.25) is 0 Å². The number of nitrogens with one attached hydrogen (secondary N) is 2. The number of aliphatic carboxylic acids is 1. The number of methoxy groups -OCH3 is 1. The summed E-state index contributed by atoms with van der Waals surface area (Å²) in [4.78, 5) is 36.1. The third-order valence-corrected chi connectivity index (χ3v) is 4.81. The third-order valence-electron chi connectivity index (χ3n) is 3.66. The van der Waals surface area contributed by atoms with Crippen molar-refractivity contribution in [3.8, 4) is 0 Å². The number of halogens is 1. The fourth-order valence-corrected chi connectivity index (χ4v) is 3.27. The van der Waals surface area contributed by atoms with Crippen LogP contribution in [0.3, 0.4) is 0 Å². The van der Waals surface area contributed by atoms with Gasteiger partial charge < -0.3 is 20.5 Å². The number of thiophene rings is 1. The van der Waals surface area contributed by atoms with Gasteiger partial charge in [0.15, 0.2) is 0 Å². The van der Waals surface area contributed by atoms with Crippen LogP contribution in [-0.2, 0) is 9.53 Å². The lowest BCUT2D eigenvalue weighted by molar-refractivity contribution is -0.139. The molecule has 144 valence electrons. The minimum Gasteiger partial charge on any atom is -0.480 e. The summed E-state index contributed by atoms with van der Waals surface area (Å²) in [6.45, 7) is 1.86. The maximum atomic E-state index is 13.2. The van der Waals surface area contributed by atoms with Crippen molar-refractivity contribution in [3.05, 3.63) is 52.2 Å². The minimum absolute atomic E-state index is 0.130. The monoisotopic (exact) mass is 394 g/mol. The molecule has 1 aromatic heterocycles. The highest BCUT2D eigenvalue weighted by Gasteiger charge is 2.23. The van der Waals surface area contributed by atoms with E-state index in [1.54, 1.807) is 13.0 Å². The van der Waals surface area contributed by atoms with Gasteiger partial charge in [0.25, 0.3) is 11.8 Å². The van der Waals surface area contributed by atoms with E-state index < -0.39 is 29.6 Å². The average Bonchev–Trinajstić information content (AvgIpc) is 2.98. The van der Waals surface area contributed by atoms with E-state index in [-0.39, 0.29) is 23.5 Å². The second-order valence-electron chi connectivity index (χ2n) is 5.73. The van der Waals surface area contributed by atoms with E-state index in [0.29, 0.717) is 10.6 Å². The number of rotatable bonds is 8. The van der Waals surface area contributed by atoms with E-state index in [2.05, 4.69) is 10.6 Å². The van der Waals surface area contributed by atoms with Gasteiger partial charge in [-0.05, 0) is 36.8 Å². The Morgan fingerprint density at radius 3 is 2.63 bits per heavy atom. The average molecular weight is 394 g/mol. The largest absolute Gasteiger partial charge is 0.480 e. The molecule has 2 rings (SSSR count). The summed E-state index contributed by atoms with van der Waals surface area (Å²) in [6, 6.07) is 5.76. The molecular weight excluding hydrogens is 375 g/mol. The first-order valence-electron chi connectivity index (χ1n) is 8.01. The molecule has 1 atom stereocenters. The number of anilines is 1. The number of carbonyl (C=O) groups is 3. The van der Waals surface area contributed by atoms with Crippen LogP contribution in [0.1, 0.15) is 32.0 Å². The first-order chi connectivity index (χ1) is 12.8. The first kappa shape index (κ1) is 20.5. The fraction of sp³-hybridized carbons (Fsp3) is 0.278.